The molecule has 0 bridgehead atoms. The van der Waals surface area contributed by atoms with E-state index < -0.39 is 16.1 Å². The van der Waals surface area contributed by atoms with Gasteiger partial charge in [0.25, 0.3) is 0 Å². The zero-order valence-corrected chi connectivity index (χ0v) is 12.8. The summed E-state index contributed by atoms with van der Waals surface area (Å²) in [6, 6.07) is 9.53. The number of aliphatic hydroxyl groups is 1. The van der Waals surface area contributed by atoms with Crippen LogP contribution in [0.2, 0.25) is 0 Å². The van der Waals surface area contributed by atoms with Crippen molar-refractivity contribution in [2.45, 2.75) is 25.4 Å². The van der Waals surface area contributed by atoms with Gasteiger partial charge in [-0.3, -0.25) is 0 Å². The van der Waals surface area contributed by atoms with Crippen LogP contribution in [0.15, 0.2) is 30.3 Å². The molecule has 0 aliphatic rings. The number of ether oxygens (including phenoxy) is 1. The maximum atomic E-state index is 11.9. The summed E-state index contributed by atoms with van der Waals surface area (Å²) in [5, 5.41) is 9.45. The molecule has 1 aromatic carbocycles. The largest absolute Gasteiger partial charge is 0.391 e. The van der Waals surface area contributed by atoms with Crippen molar-refractivity contribution < 1.29 is 18.3 Å². The summed E-state index contributed by atoms with van der Waals surface area (Å²) >= 11 is 0. The fraction of sp³-hybridized carbons (Fsp3) is 0.571. The normalized spacial score (nSPS) is 14.9. The SMILES string of the molecule is COCC(O)CCNS(=O)(=O)CC(C)c1ccccc1. The molecule has 1 rings (SSSR count). The predicted octanol–water partition coefficient (Wildman–Crippen LogP) is 1.11. The first-order valence-electron chi connectivity index (χ1n) is 6.64. The van der Waals surface area contributed by atoms with Crippen LogP contribution >= 0.6 is 0 Å². The molecular formula is C14H23NO4S. The molecule has 0 fully saturated rings. The molecule has 20 heavy (non-hydrogen) atoms. The highest BCUT2D eigenvalue weighted by Gasteiger charge is 2.17. The van der Waals surface area contributed by atoms with Crippen molar-refractivity contribution in [3.05, 3.63) is 35.9 Å². The van der Waals surface area contributed by atoms with Gasteiger partial charge in [-0.05, 0) is 17.9 Å². The number of hydrogen-bond donors (Lipinski definition) is 2. The molecule has 1 aromatic rings. The van der Waals surface area contributed by atoms with Gasteiger partial charge in [-0.2, -0.15) is 0 Å². The fourth-order valence-corrected chi connectivity index (χ4v) is 3.32. The molecule has 0 heterocycles. The Bertz CT molecular complexity index is 475. The van der Waals surface area contributed by atoms with E-state index in [4.69, 9.17) is 4.74 Å². The van der Waals surface area contributed by atoms with Gasteiger partial charge in [0, 0.05) is 13.7 Å². The summed E-state index contributed by atoms with van der Waals surface area (Å²) in [6.07, 6.45) is -0.304. The molecular weight excluding hydrogens is 278 g/mol. The Balaban J connectivity index is 2.42. The van der Waals surface area contributed by atoms with Gasteiger partial charge >= 0.3 is 0 Å². The first-order valence-corrected chi connectivity index (χ1v) is 8.29. The van der Waals surface area contributed by atoms with Crippen LogP contribution in [0, 0.1) is 0 Å². The number of methoxy groups -OCH3 is 1. The number of aliphatic hydroxyl groups excluding tert-OH is 1. The highest BCUT2D eigenvalue weighted by Crippen LogP contribution is 2.16. The van der Waals surface area contributed by atoms with E-state index in [2.05, 4.69) is 4.72 Å². The standard InChI is InChI=1S/C14H23NO4S/c1-12(13-6-4-3-5-7-13)11-20(17,18)15-9-8-14(16)10-19-2/h3-7,12,14-16H,8-11H2,1-2H3. The topological polar surface area (TPSA) is 75.6 Å². The number of hydrogen-bond acceptors (Lipinski definition) is 4. The Morgan fingerprint density at radius 2 is 1.95 bits per heavy atom. The van der Waals surface area contributed by atoms with Crippen LogP contribution in [0.5, 0.6) is 0 Å². The van der Waals surface area contributed by atoms with E-state index in [-0.39, 0.29) is 24.8 Å². The Labute approximate surface area is 121 Å². The lowest BCUT2D eigenvalue weighted by molar-refractivity contribution is 0.0603. The summed E-state index contributed by atoms with van der Waals surface area (Å²) in [5.74, 6) is -0.0326. The van der Waals surface area contributed by atoms with Crippen molar-refractivity contribution in [1.82, 2.24) is 4.72 Å². The summed E-state index contributed by atoms with van der Waals surface area (Å²) in [7, 11) is -1.85. The third kappa shape index (κ3) is 6.47. The van der Waals surface area contributed by atoms with Gasteiger partial charge < -0.3 is 9.84 Å². The van der Waals surface area contributed by atoms with Gasteiger partial charge in [-0.1, -0.05) is 37.3 Å². The summed E-state index contributed by atoms with van der Waals surface area (Å²) < 4.78 is 31.1. The van der Waals surface area contributed by atoms with Gasteiger partial charge in [0.05, 0.1) is 18.5 Å². The van der Waals surface area contributed by atoms with Crippen LogP contribution in [0.1, 0.15) is 24.8 Å². The quantitative estimate of drug-likeness (QED) is 0.716. The van der Waals surface area contributed by atoms with E-state index >= 15 is 0 Å². The van der Waals surface area contributed by atoms with E-state index in [1.54, 1.807) is 0 Å². The molecule has 0 saturated carbocycles. The first kappa shape index (κ1) is 17.1. The smallest absolute Gasteiger partial charge is 0.212 e. The number of sulfonamides is 1. The highest BCUT2D eigenvalue weighted by molar-refractivity contribution is 7.89. The van der Waals surface area contributed by atoms with Crippen molar-refractivity contribution in [3.63, 3.8) is 0 Å². The van der Waals surface area contributed by atoms with Crippen LogP contribution < -0.4 is 4.72 Å². The van der Waals surface area contributed by atoms with Gasteiger partial charge in [-0.15, -0.1) is 0 Å². The lowest BCUT2D eigenvalue weighted by Gasteiger charge is -2.14. The number of nitrogens with one attached hydrogen (secondary N) is 1. The molecule has 0 amide bonds. The minimum Gasteiger partial charge on any atom is -0.391 e. The minimum atomic E-state index is -3.34. The van der Waals surface area contributed by atoms with Crippen molar-refractivity contribution in [2.75, 3.05) is 26.0 Å². The maximum Gasteiger partial charge on any atom is 0.212 e. The molecule has 114 valence electrons. The van der Waals surface area contributed by atoms with Crippen LogP contribution in [0.3, 0.4) is 0 Å². The summed E-state index contributed by atoms with van der Waals surface area (Å²) in [5.41, 5.74) is 0.997. The van der Waals surface area contributed by atoms with Crippen LogP contribution in [0.4, 0.5) is 0 Å². The molecule has 2 unspecified atom stereocenters. The van der Waals surface area contributed by atoms with Crippen LogP contribution in [0.25, 0.3) is 0 Å². The average Bonchev–Trinajstić information content (AvgIpc) is 2.39. The van der Waals surface area contributed by atoms with Gasteiger partial charge in [0.2, 0.25) is 10.0 Å². The molecule has 0 aromatic heterocycles. The Hall–Kier alpha value is -0.950. The van der Waals surface area contributed by atoms with Crippen molar-refractivity contribution in [1.29, 1.82) is 0 Å². The van der Waals surface area contributed by atoms with Crippen LogP contribution in [-0.4, -0.2) is 45.6 Å². The first-order chi connectivity index (χ1) is 9.44. The molecule has 0 aliphatic carbocycles. The third-order valence-electron chi connectivity index (χ3n) is 3.00. The molecule has 6 heteroatoms. The summed E-state index contributed by atoms with van der Waals surface area (Å²) in [6.45, 7) is 2.31. The molecule has 0 saturated heterocycles. The number of rotatable bonds is 9. The Morgan fingerprint density at radius 3 is 2.55 bits per heavy atom. The second kappa shape index (κ2) is 8.36. The average molecular weight is 301 g/mol. The van der Waals surface area contributed by atoms with E-state index in [0.29, 0.717) is 6.42 Å². The zero-order valence-electron chi connectivity index (χ0n) is 12.0. The second-order valence-corrected chi connectivity index (χ2v) is 6.74. The summed E-state index contributed by atoms with van der Waals surface area (Å²) in [4.78, 5) is 0. The van der Waals surface area contributed by atoms with Gasteiger partial charge in [0.15, 0.2) is 0 Å². The van der Waals surface area contributed by atoms with E-state index in [1.165, 1.54) is 7.11 Å². The minimum absolute atomic E-state index is 0.0391. The molecule has 0 spiro atoms. The Morgan fingerprint density at radius 1 is 1.30 bits per heavy atom. The monoisotopic (exact) mass is 301 g/mol. The van der Waals surface area contributed by atoms with Crippen molar-refractivity contribution >= 4 is 10.0 Å². The fourth-order valence-electron chi connectivity index (χ4n) is 1.92. The lowest BCUT2D eigenvalue weighted by Crippen LogP contribution is -2.31. The van der Waals surface area contributed by atoms with E-state index in [0.717, 1.165) is 5.56 Å². The molecule has 2 N–H and O–H groups in total. The molecule has 0 radical (unpaired) electrons. The van der Waals surface area contributed by atoms with Crippen LogP contribution in [-0.2, 0) is 14.8 Å². The van der Waals surface area contributed by atoms with E-state index in [1.807, 2.05) is 37.3 Å². The molecule has 5 nitrogen and oxygen atoms in total. The predicted molar refractivity (Wildman–Crippen MR) is 79.1 cm³/mol. The highest BCUT2D eigenvalue weighted by atomic mass is 32.2. The van der Waals surface area contributed by atoms with Gasteiger partial charge in [-0.25, -0.2) is 13.1 Å². The molecule has 0 aliphatic heterocycles. The van der Waals surface area contributed by atoms with E-state index in [9.17, 15) is 13.5 Å². The lowest BCUT2D eigenvalue weighted by atomic mass is 10.0. The third-order valence-corrected chi connectivity index (χ3v) is 4.58. The van der Waals surface area contributed by atoms with Crippen molar-refractivity contribution in [2.24, 2.45) is 0 Å². The second-order valence-electron chi connectivity index (χ2n) is 4.89. The number of benzene rings is 1. The Kier molecular flexibility index (Phi) is 7.15. The van der Waals surface area contributed by atoms with Crippen molar-refractivity contribution in [3.8, 4) is 0 Å². The zero-order chi connectivity index (χ0) is 15.0. The van der Waals surface area contributed by atoms with Gasteiger partial charge in [0.1, 0.15) is 0 Å². The maximum absolute atomic E-state index is 11.9. The molecule has 2 atom stereocenters.